The molecule has 5 aromatic rings. The Hall–Kier alpha value is -4.30. The van der Waals surface area contributed by atoms with Crippen molar-refractivity contribution in [3.05, 3.63) is 113 Å². The van der Waals surface area contributed by atoms with E-state index in [1.807, 2.05) is 38.1 Å². The van der Waals surface area contributed by atoms with Gasteiger partial charge in [-0.2, -0.15) is 0 Å². The summed E-state index contributed by atoms with van der Waals surface area (Å²) in [5.41, 5.74) is 3.30. The number of anilines is 2. The molecule has 2 aromatic heterocycles. The van der Waals surface area contributed by atoms with Crippen LogP contribution in [-0.4, -0.2) is 18.4 Å². The van der Waals surface area contributed by atoms with Crippen LogP contribution >= 0.6 is 0 Å². The van der Waals surface area contributed by atoms with Crippen molar-refractivity contribution in [1.82, 2.24) is 9.97 Å². The highest BCUT2D eigenvalue weighted by Crippen LogP contribution is 2.33. The lowest BCUT2D eigenvalue weighted by Crippen LogP contribution is -2.28. The molecule has 0 saturated carbocycles. The number of aromatic nitrogens is 2. The molecule has 0 aliphatic heterocycles. The second-order valence-electron chi connectivity index (χ2n) is 8.17. The molecule has 0 fully saturated rings. The summed E-state index contributed by atoms with van der Waals surface area (Å²) in [6.45, 7) is 3.85. The predicted octanol–water partition coefficient (Wildman–Crippen LogP) is 5.39. The fraction of sp³-hybridized carbons (Fsp3) is 0.0741. The molecule has 2 heterocycles. The van der Waals surface area contributed by atoms with Gasteiger partial charge in [0.1, 0.15) is 5.58 Å². The smallest absolute Gasteiger partial charge is 0.344 e. The lowest BCUT2D eigenvalue weighted by molar-refractivity contribution is 0.563. The third-order valence-corrected chi connectivity index (χ3v) is 7.33. The van der Waals surface area contributed by atoms with Gasteiger partial charge >= 0.3 is 5.63 Å². The van der Waals surface area contributed by atoms with E-state index >= 15 is 0 Å². The fourth-order valence-electron chi connectivity index (χ4n) is 3.74. The van der Waals surface area contributed by atoms with Crippen molar-refractivity contribution in [3.8, 4) is 11.1 Å². The maximum atomic E-state index is 13.7. The molecule has 0 radical (unpaired) electrons. The maximum Gasteiger partial charge on any atom is 0.344 e. The predicted molar refractivity (Wildman–Crippen MR) is 135 cm³/mol. The normalized spacial score (nSPS) is 11.5. The van der Waals surface area contributed by atoms with Crippen molar-refractivity contribution in [2.24, 2.45) is 0 Å². The first kappa shape index (κ1) is 22.5. The summed E-state index contributed by atoms with van der Waals surface area (Å²) >= 11 is 0. The molecule has 0 aliphatic carbocycles. The van der Waals surface area contributed by atoms with Crippen molar-refractivity contribution in [2.45, 2.75) is 18.7 Å². The molecular formula is C27H21N3O4S. The fourth-order valence-corrected chi connectivity index (χ4v) is 5.14. The van der Waals surface area contributed by atoms with E-state index in [4.69, 9.17) is 4.42 Å². The first-order valence-corrected chi connectivity index (χ1v) is 12.3. The summed E-state index contributed by atoms with van der Waals surface area (Å²) in [7, 11) is -4.05. The van der Waals surface area contributed by atoms with E-state index in [2.05, 4.69) is 9.97 Å². The lowest BCUT2D eigenvalue weighted by Gasteiger charge is -2.22. The van der Waals surface area contributed by atoms with Crippen LogP contribution in [-0.2, 0) is 10.0 Å². The van der Waals surface area contributed by atoms with E-state index < -0.39 is 15.6 Å². The molecule has 0 unspecified atom stereocenters. The van der Waals surface area contributed by atoms with Crippen molar-refractivity contribution < 1.29 is 12.8 Å². The molecule has 0 bridgehead atoms. The Bertz CT molecular complexity index is 1680. The Labute approximate surface area is 202 Å². The van der Waals surface area contributed by atoms with Gasteiger partial charge in [0.2, 0.25) is 5.95 Å². The number of fused-ring (bicyclic) bond motifs is 1. The Balaban J connectivity index is 1.69. The van der Waals surface area contributed by atoms with Gasteiger partial charge in [-0.25, -0.2) is 27.5 Å². The number of hydrogen-bond donors (Lipinski definition) is 0. The molecule has 0 atom stereocenters. The minimum atomic E-state index is -4.05. The SMILES string of the molecule is Cc1ccc(-c2cc3cc(N(c4ncccn4)S(=O)(=O)c4ccc(C)cc4)ccc3oc2=O)cc1. The quantitative estimate of drug-likeness (QED) is 0.311. The van der Waals surface area contributed by atoms with Gasteiger partial charge < -0.3 is 4.42 Å². The molecule has 3 aromatic carbocycles. The summed E-state index contributed by atoms with van der Waals surface area (Å²) in [4.78, 5) is 21.1. The zero-order valence-electron chi connectivity index (χ0n) is 19.0. The Morgan fingerprint density at radius 2 is 1.43 bits per heavy atom. The van der Waals surface area contributed by atoms with Gasteiger partial charge in [-0.05, 0) is 61.9 Å². The Kier molecular flexibility index (Phi) is 5.66. The van der Waals surface area contributed by atoms with E-state index in [0.29, 0.717) is 27.8 Å². The highest BCUT2D eigenvalue weighted by atomic mass is 32.2. The van der Waals surface area contributed by atoms with Crippen molar-refractivity contribution >= 4 is 32.6 Å². The van der Waals surface area contributed by atoms with Crippen LogP contribution in [0.3, 0.4) is 0 Å². The molecular weight excluding hydrogens is 462 g/mol. The molecule has 174 valence electrons. The topological polar surface area (TPSA) is 93.4 Å². The number of sulfonamides is 1. The summed E-state index contributed by atoms with van der Waals surface area (Å²) in [6, 6.07) is 22.2. The van der Waals surface area contributed by atoms with Crippen LogP contribution in [0, 0.1) is 13.8 Å². The molecule has 7 nitrogen and oxygen atoms in total. The summed E-state index contributed by atoms with van der Waals surface area (Å²) < 4.78 is 34.1. The standard InChI is InChI=1S/C27H21N3O4S/c1-18-4-8-20(9-5-18)24-17-21-16-22(10-13-25(21)34-26(24)31)30(27-28-14-3-15-29-27)35(32,33)23-11-6-19(2)7-12-23/h3-17H,1-2H3. The van der Waals surface area contributed by atoms with Gasteiger partial charge in [-0.1, -0.05) is 47.5 Å². The third-order valence-electron chi connectivity index (χ3n) is 5.61. The van der Waals surface area contributed by atoms with Gasteiger partial charge in [0.15, 0.2) is 0 Å². The summed E-state index contributed by atoms with van der Waals surface area (Å²) in [5.74, 6) is 0.00330. The van der Waals surface area contributed by atoms with Crippen molar-refractivity contribution in [1.29, 1.82) is 0 Å². The van der Waals surface area contributed by atoms with E-state index in [1.54, 1.807) is 54.6 Å². The zero-order chi connectivity index (χ0) is 24.6. The minimum absolute atomic E-state index is 0.00330. The average molecular weight is 484 g/mol. The maximum absolute atomic E-state index is 13.7. The molecule has 0 saturated heterocycles. The number of rotatable bonds is 5. The highest BCUT2D eigenvalue weighted by Gasteiger charge is 2.29. The number of benzene rings is 3. The van der Waals surface area contributed by atoms with Crippen LogP contribution in [0.1, 0.15) is 11.1 Å². The third kappa shape index (κ3) is 4.31. The zero-order valence-corrected chi connectivity index (χ0v) is 19.9. The number of hydrogen-bond acceptors (Lipinski definition) is 6. The van der Waals surface area contributed by atoms with Crippen LogP contribution in [0.4, 0.5) is 11.6 Å². The largest absolute Gasteiger partial charge is 0.422 e. The molecule has 5 rings (SSSR count). The van der Waals surface area contributed by atoms with Crippen molar-refractivity contribution in [2.75, 3.05) is 4.31 Å². The monoisotopic (exact) mass is 483 g/mol. The van der Waals surface area contributed by atoms with Crippen LogP contribution in [0.2, 0.25) is 0 Å². The van der Waals surface area contributed by atoms with Crippen LogP contribution < -0.4 is 9.93 Å². The second-order valence-corrected chi connectivity index (χ2v) is 9.95. The first-order chi connectivity index (χ1) is 16.8. The van der Waals surface area contributed by atoms with Gasteiger partial charge in [0.25, 0.3) is 10.0 Å². The number of aryl methyl sites for hydroxylation is 2. The Morgan fingerprint density at radius 1 is 0.800 bits per heavy atom. The van der Waals surface area contributed by atoms with Crippen LogP contribution in [0.15, 0.2) is 105 Å². The minimum Gasteiger partial charge on any atom is -0.422 e. The molecule has 0 N–H and O–H groups in total. The van der Waals surface area contributed by atoms with Crippen LogP contribution in [0.25, 0.3) is 22.1 Å². The van der Waals surface area contributed by atoms with Gasteiger partial charge in [-0.3, -0.25) is 0 Å². The average Bonchev–Trinajstić information content (AvgIpc) is 2.85. The molecule has 0 aliphatic rings. The lowest BCUT2D eigenvalue weighted by atomic mass is 10.0. The second kappa shape index (κ2) is 8.81. The van der Waals surface area contributed by atoms with Gasteiger partial charge in [-0.15, -0.1) is 0 Å². The summed E-state index contributed by atoms with van der Waals surface area (Å²) in [5, 5.41) is 0.567. The molecule has 8 heteroatoms. The molecule has 0 spiro atoms. The van der Waals surface area contributed by atoms with E-state index in [9.17, 15) is 13.2 Å². The molecule has 35 heavy (non-hydrogen) atoms. The highest BCUT2D eigenvalue weighted by molar-refractivity contribution is 7.93. The Morgan fingerprint density at radius 3 is 2.09 bits per heavy atom. The summed E-state index contributed by atoms with van der Waals surface area (Å²) in [6.07, 6.45) is 2.96. The van der Waals surface area contributed by atoms with E-state index in [0.717, 1.165) is 15.4 Å². The number of nitrogens with zero attached hydrogens (tertiary/aromatic N) is 3. The van der Waals surface area contributed by atoms with Gasteiger partial charge in [0, 0.05) is 17.8 Å². The van der Waals surface area contributed by atoms with Crippen LogP contribution in [0.5, 0.6) is 0 Å². The first-order valence-electron chi connectivity index (χ1n) is 10.9. The van der Waals surface area contributed by atoms with Crippen molar-refractivity contribution in [3.63, 3.8) is 0 Å². The van der Waals surface area contributed by atoms with E-state index in [1.165, 1.54) is 12.4 Å². The molecule has 0 amide bonds. The van der Waals surface area contributed by atoms with Gasteiger partial charge in [0.05, 0.1) is 16.1 Å². The van der Waals surface area contributed by atoms with E-state index in [-0.39, 0.29) is 10.8 Å².